The molecule has 0 aliphatic carbocycles. The van der Waals surface area contributed by atoms with Gasteiger partial charge in [0, 0.05) is 17.6 Å². The fraction of sp³-hybridized carbons (Fsp3) is 0.462. The van der Waals surface area contributed by atoms with Gasteiger partial charge in [-0.25, -0.2) is 0 Å². The number of rotatable bonds is 4. The highest BCUT2D eigenvalue weighted by molar-refractivity contribution is 5.92. The molecule has 1 atom stereocenters. The summed E-state index contributed by atoms with van der Waals surface area (Å²) in [5.74, 6) is 0.0497. The molecule has 0 heterocycles. The summed E-state index contributed by atoms with van der Waals surface area (Å²) < 4.78 is 0. The Morgan fingerprint density at radius 3 is 2.38 bits per heavy atom. The third-order valence-electron chi connectivity index (χ3n) is 2.64. The van der Waals surface area contributed by atoms with E-state index in [2.05, 4.69) is 17.6 Å². The second kappa shape index (κ2) is 5.66. The van der Waals surface area contributed by atoms with Crippen LogP contribution in [0, 0.1) is 5.92 Å². The van der Waals surface area contributed by atoms with E-state index in [0.29, 0.717) is 0 Å². The molecule has 0 saturated carbocycles. The first-order chi connectivity index (χ1) is 7.56. The van der Waals surface area contributed by atoms with E-state index in [1.807, 2.05) is 45.2 Å². The number of para-hydroxylation sites is 1. The van der Waals surface area contributed by atoms with Crippen LogP contribution < -0.4 is 10.6 Å². The number of nitrogens with one attached hydrogen (secondary N) is 2. The Morgan fingerprint density at radius 2 is 1.81 bits per heavy atom. The molecule has 16 heavy (non-hydrogen) atoms. The Labute approximate surface area is 97.2 Å². The summed E-state index contributed by atoms with van der Waals surface area (Å²) >= 11 is 0. The summed E-state index contributed by atoms with van der Waals surface area (Å²) in [5.41, 5.74) is 2.00. The van der Waals surface area contributed by atoms with Crippen LogP contribution in [0.25, 0.3) is 0 Å². The maximum Gasteiger partial charge on any atom is 0.226 e. The van der Waals surface area contributed by atoms with Crippen LogP contribution in [0.1, 0.15) is 32.4 Å². The van der Waals surface area contributed by atoms with Gasteiger partial charge in [0.25, 0.3) is 0 Å². The van der Waals surface area contributed by atoms with Crippen LogP contribution in [0.15, 0.2) is 24.3 Å². The number of anilines is 1. The van der Waals surface area contributed by atoms with E-state index in [9.17, 15) is 4.79 Å². The Morgan fingerprint density at radius 1 is 1.19 bits per heavy atom. The summed E-state index contributed by atoms with van der Waals surface area (Å²) in [6.07, 6.45) is 0. The van der Waals surface area contributed by atoms with Crippen LogP contribution in [-0.4, -0.2) is 13.0 Å². The van der Waals surface area contributed by atoms with Gasteiger partial charge in [-0.3, -0.25) is 4.79 Å². The molecule has 0 spiro atoms. The normalized spacial score (nSPS) is 12.6. The van der Waals surface area contributed by atoms with Crippen LogP contribution in [0.4, 0.5) is 5.69 Å². The molecule has 3 nitrogen and oxygen atoms in total. The van der Waals surface area contributed by atoms with Crippen molar-refractivity contribution in [3.05, 3.63) is 29.8 Å². The van der Waals surface area contributed by atoms with Crippen molar-refractivity contribution in [2.24, 2.45) is 5.92 Å². The lowest BCUT2D eigenvalue weighted by Crippen LogP contribution is -2.21. The van der Waals surface area contributed by atoms with E-state index in [-0.39, 0.29) is 17.9 Å². The number of amides is 1. The number of carbonyl (C=O) groups excluding carboxylic acids is 1. The predicted octanol–water partition coefficient (Wildman–Crippen LogP) is 2.56. The fourth-order valence-corrected chi connectivity index (χ4v) is 1.42. The van der Waals surface area contributed by atoms with Gasteiger partial charge in [-0.2, -0.15) is 0 Å². The van der Waals surface area contributed by atoms with E-state index < -0.39 is 0 Å². The molecule has 1 unspecified atom stereocenters. The molecule has 2 N–H and O–H groups in total. The molecule has 0 radical (unpaired) electrons. The average molecular weight is 220 g/mol. The van der Waals surface area contributed by atoms with Gasteiger partial charge in [0.2, 0.25) is 5.91 Å². The van der Waals surface area contributed by atoms with Crippen molar-refractivity contribution in [3.63, 3.8) is 0 Å². The maximum atomic E-state index is 11.6. The number of hydrogen-bond acceptors (Lipinski definition) is 2. The number of carbonyl (C=O) groups is 1. The van der Waals surface area contributed by atoms with Gasteiger partial charge in [-0.1, -0.05) is 32.0 Å². The van der Waals surface area contributed by atoms with E-state index in [0.717, 1.165) is 11.3 Å². The molecule has 1 aromatic carbocycles. The van der Waals surface area contributed by atoms with Crippen LogP contribution in [0.2, 0.25) is 0 Å². The monoisotopic (exact) mass is 220 g/mol. The van der Waals surface area contributed by atoms with Crippen LogP contribution >= 0.6 is 0 Å². The van der Waals surface area contributed by atoms with Crippen LogP contribution in [0.5, 0.6) is 0 Å². The maximum absolute atomic E-state index is 11.6. The minimum atomic E-state index is -0.00190. The van der Waals surface area contributed by atoms with Crippen LogP contribution in [0.3, 0.4) is 0 Å². The highest BCUT2D eigenvalue weighted by Gasteiger charge is 2.12. The Balaban J connectivity index is 2.91. The molecule has 0 aliphatic heterocycles. The second-order valence-electron chi connectivity index (χ2n) is 4.24. The first-order valence-electron chi connectivity index (χ1n) is 5.63. The zero-order chi connectivity index (χ0) is 12.1. The standard InChI is InChI=1S/C13H20N2O/c1-9(2)13(16)15-12-8-6-5-7-11(12)10(3)14-4/h5-10,14H,1-4H3,(H,15,16). The first-order valence-corrected chi connectivity index (χ1v) is 5.63. The molecule has 0 fully saturated rings. The summed E-state index contributed by atoms with van der Waals surface area (Å²) in [7, 11) is 1.91. The summed E-state index contributed by atoms with van der Waals surface area (Å²) in [5, 5.41) is 6.12. The molecule has 0 bridgehead atoms. The van der Waals surface area contributed by atoms with E-state index in [1.165, 1.54) is 0 Å². The quantitative estimate of drug-likeness (QED) is 0.818. The summed E-state index contributed by atoms with van der Waals surface area (Å²) in [4.78, 5) is 11.6. The van der Waals surface area contributed by atoms with Gasteiger partial charge < -0.3 is 10.6 Å². The Bertz CT molecular complexity index is 361. The van der Waals surface area contributed by atoms with Crippen molar-refractivity contribution in [3.8, 4) is 0 Å². The fourth-order valence-electron chi connectivity index (χ4n) is 1.42. The zero-order valence-electron chi connectivity index (χ0n) is 10.4. The molecular weight excluding hydrogens is 200 g/mol. The Kier molecular flexibility index (Phi) is 4.50. The minimum absolute atomic E-state index is 0.00190. The van der Waals surface area contributed by atoms with Gasteiger partial charge in [-0.15, -0.1) is 0 Å². The van der Waals surface area contributed by atoms with E-state index in [1.54, 1.807) is 0 Å². The molecule has 0 saturated heterocycles. The van der Waals surface area contributed by atoms with Gasteiger partial charge in [0.15, 0.2) is 0 Å². The minimum Gasteiger partial charge on any atom is -0.326 e. The Hall–Kier alpha value is -1.35. The van der Waals surface area contributed by atoms with Crippen molar-refractivity contribution < 1.29 is 4.79 Å². The molecule has 3 heteroatoms. The largest absolute Gasteiger partial charge is 0.326 e. The third kappa shape index (κ3) is 3.07. The van der Waals surface area contributed by atoms with Gasteiger partial charge in [-0.05, 0) is 25.6 Å². The van der Waals surface area contributed by atoms with Crippen molar-refractivity contribution >= 4 is 11.6 Å². The van der Waals surface area contributed by atoms with Crippen LogP contribution in [-0.2, 0) is 4.79 Å². The van der Waals surface area contributed by atoms with E-state index in [4.69, 9.17) is 0 Å². The van der Waals surface area contributed by atoms with Crippen molar-refractivity contribution in [2.75, 3.05) is 12.4 Å². The average Bonchev–Trinajstić information content (AvgIpc) is 2.28. The van der Waals surface area contributed by atoms with Crippen molar-refractivity contribution in [1.29, 1.82) is 0 Å². The summed E-state index contributed by atoms with van der Waals surface area (Å²) in [6, 6.07) is 8.10. The number of benzene rings is 1. The zero-order valence-corrected chi connectivity index (χ0v) is 10.4. The SMILES string of the molecule is CNC(C)c1ccccc1NC(=O)C(C)C. The molecule has 1 aromatic rings. The number of hydrogen-bond donors (Lipinski definition) is 2. The highest BCUT2D eigenvalue weighted by atomic mass is 16.1. The molecule has 1 rings (SSSR count). The molecule has 88 valence electrons. The van der Waals surface area contributed by atoms with Gasteiger partial charge in [0.05, 0.1) is 0 Å². The van der Waals surface area contributed by atoms with Crippen molar-refractivity contribution in [1.82, 2.24) is 5.32 Å². The van der Waals surface area contributed by atoms with Gasteiger partial charge >= 0.3 is 0 Å². The third-order valence-corrected chi connectivity index (χ3v) is 2.64. The topological polar surface area (TPSA) is 41.1 Å². The lowest BCUT2D eigenvalue weighted by Gasteiger charge is -2.17. The predicted molar refractivity (Wildman–Crippen MR) is 67.4 cm³/mol. The first kappa shape index (κ1) is 12.7. The molecular formula is C13H20N2O. The summed E-state index contributed by atoms with van der Waals surface area (Å²) in [6.45, 7) is 5.85. The second-order valence-corrected chi connectivity index (χ2v) is 4.24. The highest BCUT2D eigenvalue weighted by Crippen LogP contribution is 2.22. The smallest absolute Gasteiger partial charge is 0.226 e. The van der Waals surface area contributed by atoms with Gasteiger partial charge in [0.1, 0.15) is 0 Å². The lowest BCUT2D eigenvalue weighted by molar-refractivity contribution is -0.118. The van der Waals surface area contributed by atoms with E-state index >= 15 is 0 Å². The lowest BCUT2D eigenvalue weighted by atomic mass is 10.1. The van der Waals surface area contributed by atoms with Crippen molar-refractivity contribution in [2.45, 2.75) is 26.8 Å². The molecule has 0 aromatic heterocycles. The molecule has 1 amide bonds. The molecule has 0 aliphatic rings.